The highest BCUT2D eigenvalue weighted by Gasteiger charge is 2.08. The van der Waals surface area contributed by atoms with Crippen LogP contribution in [0, 0.1) is 0 Å². The lowest BCUT2D eigenvalue weighted by molar-refractivity contribution is 0.268. The summed E-state index contributed by atoms with van der Waals surface area (Å²) in [4.78, 5) is 7.03. The Balaban J connectivity index is 1.94. The van der Waals surface area contributed by atoms with Gasteiger partial charge in [-0.05, 0) is 18.7 Å². The molecule has 0 unspecified atom stereocenters. The first kappa shape index (κ1) is 14.2. The molecule has 0 atom stereocenters. The molecule has 0 radical (unpaired) electrons. The van der Waals surface area contributed by atoms with Gasteiger partial charge < -0.3 is 5.73 Å². The second kappa shape index (κ2) is 7.38. The third kappa shape index (κ3) is 4.42. The highest BCUT2D eigenvalue weighted by molar-refractivity contribution is 7.09. The first-order valence-electron chi connectivity index (χ1n) is 6.71. The third-order valence-corrected chi connectivity index (χ3v) is 4.00. The van der Waals surface area contributed by atoms with Crippen molar-refractivity contribution in [1.82, 2.24) is 9.88 Å². The van der Waals surface area contributed by atoms with Crippen LogP contribution < -0.4 is 5.73 Å². The molecule has 0 fully saturated rings. The van der Waals surface area contributed by atoms with Crippen LogP contribution in [0.3, 0.4) is 0 Å². The Morgan fingerprint density at radius 1 is 1.21 bits per heavy atom. The number of nitrogens with zero attached hydrogens (tertiary/aromatic N) is 2. The number of aromatic nitrogens is 1. The summed E-state index contributed by atoms with van der Waals surface area (Å²) >= 11 is 1.72. The van der Waals surface area contributed by atoms with Crippen molar-refractivity contribution in [3.8, 4) is 0 Å². The molecule has 0 aliphatic heterocycles. The Morgan fingerprint density at radius 3 is 2.68 bits per heavy atom. The quantitative estimate of drug-likeness (QED) is 0.844. The molecule has 102 valence electrons. The number of hydrogen-bond acceptors (Lipinski definition) is 4. The van der Waals surface area contributed by atoms with Gasteiger partial charge in [-0.15, -0.1) is 11.3 Å². The van der Waals surface area contributed by atoms with E-state index < -0.39 is 0 Å². The van der Waals surface area contributed by atoms with Crippen molar-refractivity contribution in [1.29, 1.82) is 0 Å². The molecule has 2 N–H and O–H groups in total. The van der Waals surface area contributed by atoms with Crippen LogP contribution in [0.1, 0.15) is 23.2 Å². The average Bonchev–Trinajstić information content (AvgIpc) is 2.87. The van der Waals surface area contributed by atoms with Crippen LogP contribution in [-0.4, -0.2) is 23.0 Å². The van der Waals surface area contributed by atoms with Crippen molar-refractivity contribution >= 4 is 11.3 Å². The normalized spacial score (nSPS) is 11.1. The zero-order valence-electron chi connectivity index (χ0n) is 11.4. The molecule has 4 heteroatoms. The van der Waals surface area contributed by atoms with Gasteiger partial charge in [-0.3, -0.25) is 4.90 Å². The standard InChI is InChI=1S/C15H21N3S/c1-2-18(10-13-6-4-3-5-7-13)11-14-12-19-15(17-14)8-9-16/h3-7,12H,2,8-11,16H2,1H3. The number of nitrogens with two attached hydrogens (primary N) is 1. The van der Waals surface area contributed by atoms with E-state index in [1.54, 1.807) is 11.3 Å². The minimum atomic E-state index is 0.675. The molecule has 0 aliphatic rings. The summed E-state index contributed by atoms with van der Waals surface area (Å²) in [6.07, 6.45) is 0.884. The van der Waals surface area contributed by atoms with Crippen LogP contribution >= 0.6 is 11.3 Å². The van der Waals surface area contributed by atoms with Gasteiger partial charge in [-0.25, -0.2) is 4.98 Å². The van der Waals surface area contributed by atoms with Gasteiger partial charge in [0.15, 0.2) is 0 Å². The Bertz CT molecular complexity index is 481. The predicted octanol–water partition coefficient (Wildman–Crippen LogP) is 2.67. The fraction of sp³-hybridized carbons (Fsp3) is 0.400. The topological polar surface area (TPSA) is 42.1 Å². The molecule has 2 aromatic rings. The maximum Gasteiger partial charge on any atom is 0.0941 e. The molecule has 3 nitrogen and oxygen atoms in total. The fourth-order valence-electron chi connectivity index (χ4n) is 2.01. The van der Waals surface area contributed by atoms with Crippen LogP contribution in [-0.2, 0) is 19.5 Å². The van der Waals surface area contributed by atoms with Gasteiger partial charge in [0.1, 0.15) is 0 Å². The number of benzene rings is 1. The molecule has 0 bridgehead atoms. The van der Waals surface area contributed by atoms with E-state index in [1.807, 2.05) is 0 Å². The molecule has 1 aromatic carbocycles. The SMILES string of the molecule is CCN(Cc1ccccc1)Cc1csc(CCN)n1. The molecule has 0 amide bonds. The highest BCUT2D eigenvalue weighted by atomic mass is 32.1. The monoisotopic (exact) mass is 275 g/mol. The summed E-state index contributed by atoms with van der Waals surface area (Å²) < 4.78 is 0. The van der Waals surface area contributed by atoms with Crippen LogP contribution in [0.15, 0.2) is 35.7 Å². The number of thiazole rings is 1. The van der Waals surface area contributed by atoms with E-state index in [-0.39, 0.29) is 0 Å². The summed E-state index contributed by atoms with van der Waals surface area (Å²) in [5, 5.41) is 3.30. The molecule has 0 spiro atoms. The lowest BCUT2D eigenvalue weighted by Gasteiger charge is -2.19. The molecule has 0 aliphatic carbocycles. The van der Waals surface area contributed by atoms with Crippen LogP contribution in [0.4, 0.5) is 0 Å². The van der Waals surface area contributed by atoms with E-state index in [2.05, 4.69) is 52.5 Å². The predicted molar refractivity (Wildman–Crippen MR) is 81.1 cm³/mol. The molecule has 19 heavy (non-hydrogen) atoms. The van der Waals surface area contributed by atoms with E-state index in [0.717, 1.165) is 36.8 Å². The summed E-state index contributed by atoms with van der Waals surface area (Å²) in [7, 11) is 0. The van der Waals surface area contributed by atoms with Gasteiger partial charge in [0.25, 0.3) is 0 Å². The maximum absolute atomic E-state index is 5.56. The molecule has 1 heterocycles. The van der Waals surface area contributed by atoms with Crippen molar-refractivity contribution in [3.05, 3.63) is 52.0 Å². The number of hydrogen-bond donors (Lipinski definition) is 1. The first-order valence-corrected chi connectivity index (χ1v) is 7.59. The van der Waals surface area contributed by atoms with Crippen molar-refractivity contribution in [2.24, 2.45) is 5.73 Å². The Morgan fingerprint density at radius 2 is 2.00 bits per heavy atom. The van der Waals surface area contributed by atoms with Crippen LogP contribution in [0.25, 0.3) is 0 Å². The second-order valence-corrected chi connectivity index (χ2v) is 5.50. The smallest absolute Gasteiger partial charge is 0.0941 e. The van der Waals surface area contributed by atoms with Gasteiger partial charge in [-0.2, -0.15) is 0 Å². The lowest BCUT2D eigenvalue weighted by atomic mass is 10.2. The van der Waals surface area contributed by atoms with Gasteiger partial charge in [0.05, 0.1) is 10.7 Å². The van der Waals surface area contributed by atoms with Crippen LogP contribution in [0.5, 0.6) is 0 Å². The summed E-state index contributed by atoms with van der Waals surface area (Å²) in [6, 6.07) is 10.6. The summed E-state index contributed by atoms with van der Waals surface area (Å²) in [5.41, 5.74) is 8.06. The van der Waals surface area contributed by atoms with E-state index in [0.29, 0.717) is 6.54 Å². The maximum atomic E-state index is 5.56. The number of rotatable bonds is 7. The van der Waals surface area contributed by atoms with Gasteiger partial charge >= 0.3 is 0 Å². The molecular weight excluding hydrogens is 254 g/mol. The Kier molecular flexibility index (Phi) is 5.51. The van der Waals surface area contributed by atoms with E-state index in [9.17, 15) is 0 Å². The van der Waals surface area contributed by atoms with Gasteiger partial charge in [-0.1, -0.05) is 37.3 Å². The average molecular weight is 275 g/mol. The van der Waals surface area contributed by atoms with Crippen molar-refractivity contribution < 1.29 is 0 Å². The minimum Gasteiger partial charge on any atom is -0.330 e. The van der Waals surface area contributed by atoms with Gasteiger partial charge in [0, 0.05) is 24.9 Å². The second-order valence-electron chi connectivity index (χ2n) is 4.56. The van der Waals surface area contributed by atoms with Crippen LogP contribution in [0.2, 0.25) is 0 Å². The molecule has 1 aromatic heterocycles. The zero-order valence-corrected chi connectivity index (χ0v) is 12.2. The fourth-order valence-corrected chi connectivity index (χ4v) is 2.82. The Hall–Kier alpha value is -1.23. The summed E-state index contributed by atoms with van der Waals surface area (Å²) in [6.45, 7) is 5.77. The minimum absolute atomic E-state index is 0.675. The first-order chi connectivity index (χ1) is 9.31. The van der Waals surface area contributed by atoms with Gasteiger partial charge in [0.2, 0.25) is 0 Å². The van der Waals surface area contributed by atoms with Crippen molar-refractivity contribution in [2.45, 2.75) is 26.4 Å². The Labute approximate surface area is 119 Å². The largest absolute Gasteiger partial charge is 0.330 e. The molecular formula is C15H21N3S. The van der Waals surface area contributed by atoms with Crippen molar-refractivity contribution in [2.75, 3.05) is 13.1 Å². The van der Waals surface area contributed by atoms with E-state index in [4.69, 9.17) is 5.73 Å². The highest BCUT2D eigenvalue weighted by Crippen LogP contribution is 2.13. The zero-order chi connectivity index (χ0) is 13.5. The summed E-state index contributed by atoms with van der Waals surface area (Å²) in [5.74, 6) is 0. The molecule has 0 saturated heterocycles. The van der Waals surface area contributed by atoms with E-state index >= 15 is 0 Å². The van der Waals surface area contributed by atoms with E-state index in [1.165, 1.54) is 5.56 Å². The lowest BCUT2D eigenvalue weighted by Crippen LogP contribution is -2.22. The molecule has 0 saturated carbocycles. The van der Waals surface area contributed by atoms with Crippen molar-refractivity contribution in [3.63, 3.8) is 0 Å². The third-order valence-electron chi connectivity index (χ3n) is 3.04. The molecule has 2 rings (SSSR count).